The zero-order valence-corrected chi connectivity index (χ0v) is 19.7. The van der Waals surface area contributed by atoms with Crippen LogP contribution in [0.4, 0.5) is 4.39 Å². The van der Waals surface area contributed by atoms with E-state index in [-0.39, 0.29) is 31.4 Å². The van der Waals surface area contributed by atoms with Gasteiger partial charge in [-0.3, -0.25) is 14.2 Å². The van der Waals surface area contributed by atoms with Crippen LogP contribution < -0.4 is 5.56 Å². The van der Waals surface area contributed by atoms with Gasteiger partial charge < -0.3 is 5.11 Å². The van der Waals surface area contributed by atoms with Gasteiger partial charge in [-0.05, 0) is 43.0 Å². The molecule has 0 bridgehead atoms. The highest BCUT2D eigenvalue weighted by molar-refractivity contribution is 7.92. The van der Waals surface area contributed by atoms with Gasteiger partial charge in [-0.25, -0.2) is 17.8 Å². The van der Waals surface area contributed by atoms with Crippen LogP contribution in [-0.4, -0.2) is 46.5 Å². The Morgan fingerprint density at radius 3 is 2.45 bits per heavy atom. The first-order chi connectivity index (χ1) is 15.5. The van der Waals surface area contributed by atoms with Gasteiger partial charge in [0.2, 0.25) is 0 Å². The summed E-state index contributed by atoms with van der Waals surface area (Å²) in [5, 5.41) is 9.10. The number of halogens is 1. The lowest BCUT2D eigenvalue weighted by Crippen LogP contribution is -2.44. The Hall–Kier alpha value is -2.91. The molecule has 1 atom stereocenters. The number of aryl methyl sites for hydroxylation is 1. The molecule has 3 rings (SSSR count). The van der Waals surface area contributed by atoms with Gasteiger partial charge in [-0.15, -0.1) is 0 Å². The van der Waals surface area contributed by atoms with Gasteiger partial charge in [0.05, 0.1) is 17.2 Å². The Balaban J connectivity index is 1.96. The maximum Gasteiger partial charge on any atom is 0.261 e. The fourth-order valence-electron chi connectivity index (χ4n) is 3.78. The molecule has 0 saturated heterocycles. The molecule has 2 aromatic carbocycles. The molecule has 0 unspecified atom stereocenters. The molecule has 1 aromatic heterocycles. The molecular formula is C24H27FN2O5S. The highest BCUT2D eigenvalue weighted by atomic mass is 32.2. The SMILES string of the molecule is CCC(=O)[C@](C)(CCn1cnc2cc(-c3ccc(CCO)cc3)c(F)cc2c1=O)S(C)(=O)=O. The van der Waals surface area contributed by atoms with Crippen molar-refractivity contribution in [2.45, 2.75) is 44.4 Å². The normalized spacial score (nSPS) is 13.7. The van der Waals surface area contributed by atoms with Crippen LogP contribution in [0.3, 0.4) is 0 Å². The minimum absolute atomic E-state index is 0.0236. The predicted molar refractivity (Wildman–Crippen MR) is 125 cm³/mol. The number of aliphatic hydroxyl groups excluding tert-OH is 1. The smallest absolute Gasteiger partial charge is 0.261 e. The molecule has 0 fully saturated rings. The lowest BCUT2D eigenvalue weighted by atomic mass is 9.99. The van der Waals surface area contributed by atoms with Crippen molar-refractivity contribution in [3.63, 3.8) is 0 Å². The van der Waals surface area contributed by atoms with Crippen LogP contribution in [0, 0.1) is 5.82 Å². The second-order valence-electron chi connectivity index (χ2n) is 8.29. The summed E-state index contributed by atoms with van der Waals surface area (Å²) in [4.78, 5) is 29.6. The Labute approximate surface area is 191 Å². The van der Waals surface area contributed by atoms with Gasteiger partial charge in [0.25, 0.3) is 5.56 Å². The number of hydrogen-bond acceptors (Lipinski definition) is 6. The number of hydrogen-bond donors (Lipinski definition) is 1. The van der Waals surface area contributed by atoms with Crippen LogP contribution in [0.5, 0.6) is 0 Å². The minimum Gasteiger partial charge on any atom is -0.396 e. The van der Waals surface area contributed by atoms with Crippen LogP contribution in [0.15, 0.2) is 47.5 Å². The summed E-state index contributed by atoms with van der Waals surface area (Å²) >= 11 is 0. The Morgan fingerprint density at radius 2 is 1.88 bits per heavy atom. The van der Waals surface area contributed by atoms with E-state index in [4.69, 9.17) is 5.11 Å². The maximum absolute atomic E-state index is 14.9. The van der Waals surface area contributed by atoms with Crippen molar-refractivity contribution in [1.29, 1.82) is 0 Å². The zero-order valence-electron chi connectivity index (χ0n) is 18.8. The van der Waals surface area contributed by atoms with Gasteiger partial charge in [0, 0.05) is 31.4 Å². The lowest BCUT2D eigenvalue weighted by molar-refractivity contribution is -0.121. The van der Waals surface area contributed by atoms with E-state index in [1.165, 1.54) is 23.9 Å². The number of Topliss-reactive ketones (excluding diaryl/α,β-unsaturated/α-hetero) is 1. The molecule has 3 aromatic rings. The number of benzene rings is 2. The third-order valence-corrected chi connectivity index (χ3v) is 8.21. The van der Waals surface area contributed by atoms with Crippen molar-refractivity contribution < 1.29 is 22.7 Å². The Morgan fingerprint density at radius 1 is 1.21 bits per heavy atom. The molecule has 1 N–H and O–H groups in total. The van der Waals surface area contributed by atoms with E-state index in [1.807, 2.05) is 0 Å². The van der Waals surface area contributed by atoms with Gasteiger partial charge in [0.15, 0.2) is 15.6 Å². The lowest BCUT2D eigenvalue weighted by Gasteiger charge is -2.26. The molecule has 33 heavy (non-hydrogen) atoms. The van der Waals surface area contributed by atoms with Gasteiger partial charge in [0.1, 0.15) is 10.6 Å². The number of aromatic nitrogens is 2. The van der Waals surface area contributed by atoms with E-state index in [9.17, 15) is 22.4 Å². The highest BCUT2D eigenvalue weighted by Gasteiger charge is 2.41. The van der Waals surface area contributed by atoms with E-state index in [0.717, 1.165) is 17.9 Å². The number of nitrogens with zero attached hydrogens (tertiary/aromatic N) is 2. The molecule has 0 aliphatic rings. The summed E-state index contributed by atoms with van der Waals surface area (Å²) in [6.45, 7) is 2.93. The largest absolute Gasteiger partial charge is 0.396 e. The van der Waals surface area contributed by atoms with E-state index < -0.39 is 31.7 Å². The average Bonchev–Trinajstić information content (AvgIpc) is 2.78. The third kappa shape index (κ3) is 4.89. The second kappa shape index (κ2) is 9.52. The first-order valence-electron chi connectivity index (χ1n) is 10.6. The number of aliphatic hydroxyl groups is 1. The molecule has 0 spiro atoms. The molecule has 0 saturated carbocycles. The fourth-order valence-corrected chi connectivity index (χ4v) is 4.80. The molecule has 0 aliphatic carbocycles. The number of ketones is 1. The molecule has 9 heteroatoms. The summed E-state index contributed by atoms with van der Waals surface area (Å²) in [6, 6.07) is 9.72. The molecular weight excluding hydrogens is 447 g/mol. The summed E-state index contributed by atoms with van der Waals surface area (Å²) in [6.07, 6.45) is 2.77. The highest BCUT2D eigenvalue weighted by Crippen LogP contribution is 2.27. The van der Waals surface area contributed by atoms with E-state index in [2.05, 4.69) is 4.98 Å². The van der Waals surface area contributed by atoms with Crippen LogP contribution in [0.1, 0.15) is 32.3 Å². The van der Waals surface area contributed by atoms with Crippen molar-refractivity contribution in [3.8, 4) is 11.1 Å². The van der Waals surface area contributed by atoms with Crippen LogP contribution in [-0.2, 0) is 27.6 Å². The van der Waals surface area contributed by atoms with Crippen LogP contribution in [0.25, 0.3) is 22.0 Å². The summed E-state index contributed by atoms with van der Waals surface area (Å²) in [7, 11) is -3.71. The summed E-state index contributed by atoms with van der Waals surface area (Å²) in [5.74, 6) is -1.01. The van der Waals surface area contributed by atoms with Crippen molar-refractivity contribution >= 4 is 26.5 Å². The van der Waals surface area contributed by atoms with E-state index in [0.29, 0.717) is 23.1 Å². The van der Waals surface area contributed by atoms with Crippen molar-refractivity contribution in [2.75, 3.05) is 12.9 Å². The van der Waals surface area contributed by atoms with E-state index >= 15 is 0 Å². The number of carbonyl (C=O) groups excluding carboxylic acids is 1. The average molecular weight is 475 g/mol. The topological polar surface area (TPSA) is 106 Å². The molecule has 1 heterocycles. The Kier molecular flexibility index (Phi) is 7.14. The maximum atomic E-state index is 14.9. The van der Waals surface area contributed by atoms with Gasteiger partial charge in [-0.1, -0.05) is 31.2 Å². The monoisotopic (exact) mass is 474 g/mol. The molecule has 176 valence electrons. The number of fused-ring (bicyclic) bond motifs is 1. The molecule has 0 amide bonds. The number of sulfone groups is 1. The minimum atomic E-state index is -3.71. The number of rotatable bonds is 9. The predicted octanol–water partition coefficient (Wildman–Crippen LogP) is 2.91. The summed E-state index contributed by atoms with van der Waals surface area (Å²) in [5.41, 5.74) is 1.63. The molecule has 0 radical (unpaired) electrons. The first kappa shape index (κ1) is 24.7. The van der Waals surface area contributed by atoms with Crippen molar-refractivity contribution in [3.05, 3.63) is 64.5 Å². The zero-order chi connectivity index (χ0) is 24.4. The van der Waals surface area contributed by atoms with Crippen molar-refractivity contribution in [1.82, 2.24) is 9.55 Å². The van der Waals surface area contributed by atoms with Gasteiger partial charge >= 0.3 is 0 Å². The molecule has 7 nitrogen and oxygen atoms in total. The number of carbonyl (C=O) groups is 1. The third-order valence-electron chi connectivity index (χ3n) is 6.14. The fraction of sp³-hybridized carbons (Fsp3) is 0.375. The van der Waals surface area contributed by atoms with E-state index in [1.54, 1.807) is 31.2 Å². The Bertz CT molecular complexity index is 1350. The first-order valence-corrected chi connectivity index (χ1v) is 12.5. The van der Waals surface area contributed by atoms with Gasteiger partial charge in [-0.2, -0.15) is 0 Å². The molecule has 0 aliphatic heterocycles. The van der Waals surface area contributed by atoms with Crippen molar-refractivity contribution in [2.24, 2.45) is 0 Å². The quantitative estimate of drug-likeness (QED) is 0.511. The summed E-state index contributed by atoms with van der Waals surface area (Å²) < 4.78 is 39.0. The second-order valence-corrected chi connectivity index (χ2v) is 10.7. The van der Waals surface area contributed by atoms with Crippen LogP contribution in [0.2, 0.25) is 0 Å². The van der Waals surface area contributed by atoms with Crippen LogP contribution >= 0.6 is 0 Å². The standard InChI is InChI=1S/C24H27FN2O5S/c1-4-22(29)24(2,33(3,31)32)10-11-27-15-26-21-14-18(20(25)13-19(21)23(27)30)17-7-5-16(6-8-17)9-12-28/h5-8,13-15,28H,4,9-12H2,1-3H3/t24-/m0/s1.